The smallest absolute Gasteiger partial charge is 0.274 e. The van der Waals surface area contributed by atoms with Gasteiger partial charge in [0, 0.05) is 35.7 Å². The Hall–Kier alpha value is -2.96. The highest BCUT2D eigenvalue weighted by Crippen LogP contribution is 2.47. The predicted molar refractivity (Wildman–Crippen MR) is 113 cm³/mol. The minimum atomic E-state index is -0.926. The maximum atomic E-state index is 15.0. The third-order valence-corrected chi connectivity index (χ3v) is 6.45. The van der Waals surface area contributed by atoms with Gasteiger partial charge in [0.05, 0.1) is 12.2 Å². The van der Waals surface area contributed by atoms with Crippen molar-refractivity contribution in [2.45, 2.75) is 12.5 Å². The Labute approximate surface area is 177 Å². The molecule has 2 aliphatic heterocycles. The number of carbonyl (C=O) groups is 1. The summed E-state index contributed by atoms with van der Waals surface area (Å²) < 4.78 is 20.8. The van der Waals surface area contributed by atoms with Gasteiger partial charge in [0.2, 0.25) is 0 Å². The van der Waals surface area contributed by atoms with E-state index in [-0.39, 0.29) is 24.1 Å². The van der Waals surface area contributed by atoms with Crippen molar-refractivity contribution in [3.05, 3.63) is 59.2 Å². The molecule has 0 saturated carbocycles. The number of pyridine rings is 1. The standard InChI is InChI=1S/C21H20FN5O2S/c1-12-9-29-11-21(16(12)10-30-20(24)27-21)15-6-14(3-4-17(15)22)26-19(28)18-5-2-13(7-23)8-25-18/h2-6,8,12,16H,9-11H2,1H3,(H2,24,27)(H,26,28)/t12-,16-,21-/m1/s1. The van der Waals surface area contributed by atoms with Crippen molar-refractivity contribution in [1.82, 2.24) is 4.98 Å². The van der Waals surface area contributed by atoms with Gasteiger partial charge in [0.15, 0.2) is 5.17 Å². The van der Waals surface area contributed by atoms with Crippen LogP contribution in [-0.2, 0) is 10.3 Å². The number of thioether (sulfide) groups is 1. The molecular weight excluding hydrogens is 405 g/mol. The number of hydrogen-bond acceptors (Lipinski definition) is 7. The summed E-state index contributed by atoms with van der Waals surface area (Å²) in [4.78, 5) is 21.2. The lowest BCUT2D eigenvalue weighted by atomic mass is 9.72. The highest BCUT2D eigenvalue weighted by atomic mass is 32.2. The summed E-state index contributed by atoms with van der Waals surface area (Å²) in [6.07, 6.45) is 1.33. The highest BCUT2D eigenvalue weighted by Gasteiger charge is 2.50. The lowest BCUT2D eigenvalue weighted by Gasteiger charge is -2.47. The highest BCUT2D eigenvalue weighted by molar-refractivity contribution is 8.13. The Morgan fingerprint density at radius 3 is 3.00 bits per heavy atom. The van der Waals surface area contributed by atoms with Crippen LogP contribution in [0, 0.1) is 29.0 Å². The number of nitrogens with one attached hydrogen (secondary N) is 1. The first-order valence-corrected chi connectivity index (χ1v) is 10.4. The van der Waals surface area contributed by atoms with Crippen LogP contribution in [0.15, 0.2) is 41.5 Å². The summed E-state index contributed by atoms with van der Waals surface area (Å²) in [6, 6.07) is 9.33. The van der Waals surface area contributed by atoms with Crippen LogP contribution in [0.3, 0.4) is 0 Å². The number of carbonyl (C=O) groups excluding carboxylic acids is 1. The number of ether oxygens (including phenoxy) is 1. The molecule has 1 amide bonds. The van der Waals surface area contributed by atoms with E-state index in [0.29, 0.717) is 28.6 Å². The molecular formula is C21H20FN5O2S. The molecule has 0 radical (unpaired) electrons. The third kappa shape index (κ3) is 3.64. The zero-order valence-corrected chi connectivity index (χ0v) is 17.1. The quantitative estimate of drug-likeness (QED) is 0.782. The van der Waals surface area contributed by atoms with Gasteiger partial charge in [-0.3, -0.25) is 4.79 Å². The molecule has 154 valence electrons. The normalized spacial score (nSPS) is 25.6. The molecule has 1 saturated heterocycles. The second-order valence-electron chi connectivity index (χ2n) is 7.48. The summed E-state index contributed by atoms with van der Waals surface area (Å²) in [6.45, 7) is 2.88. The Morgan fingerprint density at radius 2 is 2.27 bits per heavy atom. The molecule has 2 aliphatic rings. The van der Waals surface area contributed by atoms with Gasteiger partial charge in [-0.15, -0.1) is 0 Å². The molecule has 3 atom stereocenters. The predicted octanol–water partition coefficient (Wildman–Crippen LogP) is 2.88. The topological polar surface area (TPSA) is 113 Å². The zero-order valence-electron chi connectivity index (χ0n) is 16.3. The van der Waals surface area contributed by atoms with Gasteiger partial charge >= 0.3 is 0 Å². The van der Waals surface area contributed by atoms with Gasteiger partial charge in [-0.25, -0.2) is 14.4 Å². The Bertz CT molecular complexity index is 1050. The number of nitrogens with zero attached hydrogens (tertiary/aromatic N) is 3. The molecule has 3 N–H and O–H groups in total. The fourth-order valence-electron chi connectivity index (χ4n) is 3.98. The molecule has 0 bridgehead atoms. The van der Waals surface area contributed by atoms with Crippen LogP contribution < -0.4 is 11.1 Å². The third-order valence-electron chi connectivity index (χ3n) is 5.54. The number of nitriles is 1. The number of aliphatic imine (C=N–C) groups is 1. The molecule has 7 nitrogen and oxygen atoms in total. The van der Waals surface area contributed by atoms with E-state index in [1.54, 1.807) is 6.07 Å². The summed E-state index contributed by atoms with van der Waals surface area (Å²) in [5, 5.41) is 12.0. The fraction of sp³-hybridized carbons (Fsp3) is 0.333. The Balaban J connectivity index is 1.68. The van der Waals surface area contributed by atoms with Crippen LogP contribution in [0.2, 0.25) is 0 Å². The largest absolute Gasteiger partial charge is 0.379 e. The van der Waals surface area contributed by atoms with Crippen LogP contribution >= 0.6 is 11.8 Å². The second-order valence-corrected chi connectivity index (χ2v) is 8.52. The van der Waals surface area contributed by atoms with Gasteiger partial charge in [0.1, 0.15) is 23.1 Å². The van der Waals surface area contributed by atoms with Crippen molar-refractivity contribution < 1.29 is 13.9 Å². The van der Waals surface area contributed by atoms with Crippen molar-refractivity contribution in [3.63, 3.8) is 0 Å². The van der Waals surface area contributed by atoms with Gasteiger partial charge in [-0.1, -0.05) is 18.7 Å². The first-order valence-electron chi connectivity index (χ1n) is 9.46. The number of halogens is 1. The molecule has 30 heavy (non-hydrogen) atoms. The van der Waals surface area contributed by atoms with Crippen molar-refractivity contribution in [2.24, 2.45) is 22.6 Å². The molecule has 1 aromatic heterocycles. The molecule has 4 rings (SSSR count). The summed E-state index contributed by atoms with van der Waals surface area (Å²) in [7, 11) is 0. The SMILES string of the molecule is C[C@@H]1COC[C@]2(c3cc(NC(=O)c4ccc(C#N)cn4)ccc3F)N=C(N)SC[C@H]12. The number of rotatable bonds is 3. The van der Waals surface area contributed by atoms with E-state index in [1.165, 1.54) is 42.2 Å². The molecule has 0 unspecified atom stereocenters. The fourth-order valence-corrected chi connectivity index (χ4v) is 5.16. The van der Waals surface area contributed by atoms with E-state index in [9.17, 15) is 9.18 Å². The van der Waals surface area contributed by atoms with Crippen molar-refractivity contribution >= 4 is 28.5 Å². The molecule has 0 spiro atoms. The van der Waals surface area contributed by atoms with Crippen LogP contribution in [0.5, 0.6) is 0 Å². The van der Waals surface area contributed by atoms with Crippen LogP contribution in [0.25, 0.3) is 0 Å². The Morgan fingerprint density at radius 1 is 1.43 bits per heavy atom. The first kappa shape index (κ1) is 20.3. The number of fused-ring (bicyclic) bond motifs is 1. The van der Waals surface area contributed by atoms with E-state index in [0.717, 1.165) is 5.75 Å². The first-order chi connectivity index (χ1) is 14.4. The van der Waals surface area contributed by atoms with Gasteiger partial charge in [-0.05, 0) is 36.2 Å². The van der Waals surface area contributed by atoms with E-state index >= 15 is 0 Å². The molecule has 9 heteroatoms. The maximum Gasteiger partial charge on any atom is 0.274 e. The molecule has 2 aromatic rings. The van der Waals surface area contributed by atoms with Gasteiger partial charge in [0.25, 0.3) is 5.91 Å². The average Bonchev–Trinajstić information content (AvgIpc) is 2.75. The van der Waals surface area contributed by atoms with Crippen LogP contribution in [-0.4, -0.2) is 35.0 Å². The van der Waals surface area contributed by atoms with E-state index < -0.39 is 17.3 Å². The molecule has 3 heterocycles. The van der Waals surface area contributed by atoms with E-state index in [4.69, 9.17) is 15.7 Å². The Kier molecular flexibility index (Phi) is 5.45. The number of hydrogen-bond donors (Lipinski definition) is 2. The van der Waals surface area contributed by atoms with Gasteiger partial charge < -0.3 is 15.8 Å². The van der Waals surface area contributed by atoms with Crippen molar-refractivity contribution in [1.29, 1.82) is 5.26 Å². The number of aromatic nitrogens is 1. The average molecular weight is 425 g/mol. The lowest BCUT2D eigenvalue weighted by molar-refractivity contribution is -0.0339. The van der Waals surface area contributed by atoms with Crippen molar-refractivity contribution in [2.75, 3.05) is 24.3 Å². The maximum absolute atomic E-state index is 15.0. The lowest BCUT2D eigenvalue weighted by Crippen LogP contribution is -2.51. The molecule has 1 fully saturated rings. The van der Waals surface area contributed by atoms with E-state index in [2.05, 4.69) is 22.2 Å². The molecule has 0 aliphatic carbocycles. The summed E-state index contributed by atoms with van der Waals surface area (Å²) in [5.74, 6) is 0.0930. The number of nitrogens with two attached hydrogens (primary N) is 1. The number of amidine groups is 1. The van der Waals surface area contributed by atoms with Crippen LogP contribution in [0.1, 0.15) is 28.5 Å². The summed E-state index contributed by atoms with van der Waals surface area (Å²) in [5.41, 5.74) is 6.37. The zero-order chi connectivity index (χ0) is 21.3. The van der Waals surface area contributed by atoms with Crippen LogP contribution in [0.4, 0.5) is 10.1 Å². The minimum Gasteiger partial charge on any atom is -0.379 e. The molecule has 1 aromatic carbocycles. The minimum absolute atomic E-state index is 0.0594. The number of amides is 1. The van der Waals surface area contributed by atoms with E-state index in [1.807, 2.05) is 6.07 Å². The van der Waals surface area contributed by atoms with Crippen molar-refractivity contribution in [3.8, 4) is 6.07 Å². The second kappa shape index (κ2) is 8.05. The summed E-state index contributed by atoms with van der Waals surface area (Å²) >= 11 is 1.47. The number of anilines is 1. The number of benzene rings is 1. The monoisotopic (exact) mass is 425 g/mol. The van der Waals surface area contributed by atoms with Gasteiger partial charge in [-0.2, -0.15) is 5.26 Å².